The Morgan fingerprint density at radius 3 is 2.79 bits per heavy atom. The van der Waals surface area contributed by atoms with Crippen LogP contribution in [0.15, 0.2) is 48.7 Å². The van der Waals surface area contributed by atoms with Gasteiger partial charge in [0.15, 0.2) is 5.82 Å². The number of H-pyrrole nitrogens is 1. The zero-order valence-corrected chi connectivity index (χ0v) is 21.3. The minimum atomic E-state index is -0.411. The maximum absolute atomic E-state index is 13.8. The van der Waals surface area contributed by atoms with Gasteiger partial charge in [0.25, 0.3) is 5.91 Å². The van der Waals surface area contributed by atoms with Crippen LogP contribution in [0.2, 0.25) is 0 Å². The Kier molecular flexibility index (Phi) is 6.04. The van der Waals surface area contributed by atoms with E-state index in [0.717, 1.165) is 42.3 Å². The molecule has 1 amide bonds. The first-order valence-corrected chi connectivity index (χ1v) is 12.9. The van der Waals surface area contributed by atoms with Gasteiger partial charge in [0.2, 0.25) is 11.8 Å². The average Bonchev–Trinajstić information content (AvgIpc) is 3.37. The molecule has 1 aliphatic carbocycles. The number of carbonyl (C=O) groups is 1. The van der Waals surface area contributed by atoms with Crippen LogP contribution in [0.4, 0.5) is 28.8 Å². The van der Waals surface area contributed by atoms with Crippen molar-refractivity contribution in [2.24, 2.45) is 0 Å². The van der Waals surface area contributed by atoms with E-state index in [1.165, 1.54) is 6.42 Å². The van der Waals surface area contributed by atoms with Crippen LogP contribution in [0, 0.1) is 11.3 Å². The van der Waals surface area contributed by atoms with Crippen LogP contribution in [0.3, 0.4) is 0 Å². The van der Waals surface area contributed by atoms with Gasteiger partial charge in [-0.25, -0.2) is 4.98 Å². The number of methoxy groups -OCH3 is 1. The Hall–Kier alpha value is -4.65. The lowest BCUT2D eigenvalue weighted by molar-refractivity contribution is -0.119. The molecule has 4 aromatic rings. The van der Waals surface area contributed by atoms with Crippen LogP contribution < -0.4 is 19.9 Å². The normalized spacial score (nSPS) is 17.8. The number of aromatic nitrogens is 4. The van der Waals surface area contributed by atoms with Gasteiger partial charge in [-0.2, -0.15) is 10.2 Å². The lowest BCUT2D eigenvalue weighted by Gasteiger charge is -2.45. The van der Waals surface area contributed by atoms with Crippen LogP contribution in [0.1, 0.15) is 44.6 Å². The number of amides is 1. The van der Waals surface area contributed by atoms with Crippen molar-refractivity contribution in [3.8, 4) is 11.9 Å². The molecule has 2 aromatic heterocycles. The molecule has 0 radical (unpaired) electrons. The summed E-state index contributed by atoms with van der Waals surface area (Å²) in [6, 6.07) is 14.8. The molecule has 1 fully saturated rings. The summed E-state index contributed by atoms with van der Waals surface area (Å²) in [5.41, 5.74) is 3.40. The van der Waals surface area contributed by atoms with Gasteiger partial charge < -0.3 is 15.0 Å². The highest BCUT2D eigenvalue weighted by Gasteiger charge is 2.41. The minimum absolute atomic E-state index is 0.0556. The van der Waals surface area contributed by atoms with Gasteiger partial charge >= 0.3 is 0 Å². The Labute approximate surface area is 220 Å². The second-order valence-corrected chi connectivity index (χ2v) is 9.73. The number of nitrogens with zero attached hydrogens (tertiary/aromatic N) is 6. The number of anilines is 5. The van der Waals surface area contributed by atoms with E-state index >= 15 is 0 Å². The van der Waals surface area contributed by atoms with E-state index in [1.54, 1.807) is 36.4 Å². The maximum atomic E-state index is 13.8. The van der Waals surface area contributed by atoms with E-state index in [4.69, 9.17) is 9.72 Å². The fraction of sp³-hybridized carbons (Fsp3) is 0.321. The van der Waals surface area contributed by atoms with Gasteiger partial charge in [0.05, 0.1) is 41.5 Å². The molecule has 2 aromatic carbocycles. The summed E-state index contributed by atoms with van der Waals surface area (Å²) < 4.78 is 5.35. The summed E-state index contributed by atoms with van der Waals surface area (Å²) in [4.78, 5) is 27.2. The van der Waals surface area contributed by atoms with Crippen molar-refractivity contribution in [1.29, 1.82) is 5.26 Å². The molecule has 192 valence electrons. The number of benzene rings is 2. The Morgan fingerprint density at radius 1 is 1.16 bits per heavy atom. The molecule has 38 heavy (non-hydrogen) atoms. The summed E-state index contributed by atoms with van der Waals surface area (Å²) in [5, 5.41) is 20.7. The molecule has 0 spiro atoms. The second kappa shape index (κ2) is 9.67. The number of aromatic amines is 1. The zero-order chi connectivity index (χ0) is 26.2. The third-order valence-electron chi connectivity index (χ3n) is 7.41. The van der Waals surface area contributed by atoms with Crippen molar-refractivity contribution < 1.29 is 9.53 Å². The molecule has 0 bridgehead atoms. The number of hydrogen-bond donors (Lipinski definition) is 2. The van der Waals surface area contributed by atoms with Crippen molar-refractivity contribution in [2.45, 2.75) is 51.1 Å². The lowest BCUT2D eigenvalue weighted by Crippen LogP contribution is -2.55. The molecule has 1 aliphatic heterocycles. The fourth-order valence-corrected chi connectivity index (χ4v) is 5.56. The lowest BCUT2D eigenvalue weighted by atomic mass is 9.92. The monoisotopic (exact) mass is 508 g/mol. The SMILES string of the molecule is COc1n[nH]c2ccc(Nc3ncc4c(n3)N(C3CCCCC3)[C@H](C)C(=O)N4c3cccc(C#N)c3)cc12. The highest BCUT2D eigenvalue weighted by molar-refractivity contribution is 6.10. The number of hydrogen-bond acceptors (Lipinski definition) is 8. The van der Waals surface area contributed by atoms with Crippen LogP contribution in [0.25, 0.3) is 10.9 Å². The molecular weight excluding hydrogens is 480 g/mol. The molecule has 2 aliphatic rings. The average molecular weight is 509 g/mol. The predicted octanol–water partition coefficient (Wildman–Crippen LogP) is 5.18. The molecule has 0 saturated heterocycles. The standard InChI is InChI=1S/C28H28N8O2/c1-17-27(37)36(21-10-6-7-18(13-21)15-29)24-16-30-28(32-25(24)35(17)20-8-4-3-5-9-20)31-19-11-12-23-22(14-19)26(38-2)34-33-23/h6-7,10-14,16-17,20H,3-5,8-9H2,1-2H3,(H,33,34)(H,30,31,32)/t17-/m1/s1. The van der Waals surface area contributed by atoms with Gasteiger partial charge in [0, 0.05) is 11.7 Å². The summed E-state index contributed by atoms with van der Waals surface area (Å²) in [6.45, 7) is 1.94. The van der Waals surface area contributed by atoms with E-state index in [9.17, 15) is 10.1 Å². The van der Waals surface area contributed by atoms with E-state index in [1.807, 2.05) is 31.2 Å². The molecular formula is C28H28N8O2. The topological polar surface area (TPSA) is 123 Å². The molecule has 10 nitrogen and oxygen atoms in total. The maximum Gasteiger partial charge on any atom is 0.254 e. The Bertz CT molecular complexity index is 1550. The minimum Gasteiger partial charge on any atom is -0.480 e. The van der Waals surface area contributed by atoms with E-state index < -0.39 is 6.04 Å². The van der Waals surface area contributed by atoms with Crippen molar-refractivity contribution >= 4 is 45.6 Å². The fourth-order valence-electron chi connectivity index (χ4n) is 5.56. The number of fused-ring (bicyclic) bond motifs is 2. The highest BCUT2D eigenvalue weighted by atomic mass is 16.5. The van der Waals surface area contributed by atoms with Gasteiger partial charge in [0.1, 0.15) is 11.7 Å². The molecule has 3 heterocycles. The van der Waals surface area contributed by atoms with Crippen molar-refractivity contribution in [3.05, 3.63) is 54.2 Å². The zero-order valence-electron chi connectivity index (χ0n) is 21.3. The third kappa shape index (κ3) is 4.06. The molecule has 6 rings (SSSR count). The van der Waals surface area contributed by atoms with Gasteiger partial charge in [-0.15, -0.1) is 5.10 Å². The summed E-state index contributed by atoms with van der Waals surface area (Å²) >= 11 is 0. The number of rotatable bonds is 5. The number of ether oxygens (including phenoxy) is 1. The quantitative estimate of drug-likeness (QED) is 0.378. The smallest absolute Gasteiger partial charge is 0.254 e. The van der Waals surface area contributed by atoms with Gasteiger partial charge in [-0.3, -0.25) is 14.8 Å². The highest BCUT2D eigenvalue weighted by Crippen LogP contribution is 2.42. The Balaban J connectivity index is 1.43. The first kappa shape index (κ1) is 23.7. The second-order valence-electron chi connectivity index (χ2n) is 9.73. The number of nitrogens with one attached hydrogen (secondary N) is 2. The van der Waals surface area contributed by atoms with Crippen molar-refractivity contribution in [1.82, 2.24) is 20.2 Å². The van der Waals surface area contributed by atoms with Crippen molar-refractivity contribution in [2.75, 3.05) is 22.2 Å². The summed E-state index contributed by atoms with van der Waals surface area (Å²) in [6.07, 6.45) is 7.21. The van der Waals surface area contributed by atoms with Crippen LogP contribution in [0.5, 0.6) is 5.88 Å². The number of carbonyl (C=O) groups excluding carboxylic acids is 1. The van der Waals surface area contributed by atoms with Crippen LogP contribution in [-0.4, -0.2) is 45.3 Å². The molecule has 10 heteroatoms. The molecule has 1 atom stereocenters. The molecule has 1 saturated carbocycles. The first-order valence-electron chi connectivity index (χ1n) is 12.9. The van der Waals surface area contributed by atoms with Crippen LogP contribution in [-0.2, 0) is 4.79 Å². The van der Waals surface area contributed by atoms with E-state index in [0.29, 0.717) is 34.6 Å². The van der Waals surface area contributed by atoms with E-state index in [2.05, 4.69) is 31.5 Å². The van der Waals surface area contributed by atoms with Crippen molar-refractivity contribution in [3.63, 3.8) is 0 Å². The molecule has 2 N–H and O–H groups in total. The Morgan fingerprint density at radius 2 is 2.00 bits per heavy atom. The predicted molar refractivity (Wildman–Crippen MR) is 145 cm³/mol. The van der Waals surface area contributed by atoms with Gasteiger partial charge in [-0.05, 0) is 56.2 Å². The van der Waals surface area contributed by atoms with Gasteiger partial charge in [-0.1, -0.05) is 25.3 Å². The summed E-state index contributed by atoms with van der Waals surface area (Å²) in [7, 11) is 1.59. The third-order valence-corrected chi connectivity index (χ3v) is 7.41. The number of nitriles is 1. The largest absolute Gasteiger partial charge is 0.480 e. The van der Waals surface area contributed by atoms with E-state index in [-0.39, 0.29) is 11.9 Å². The van der Waals surface area contributed by atoms with Crippen LogP contribution >= 0.6 is 0 Å². The summed E-state index contributed by atoms with van der Waals surface area (Å²) in [5.74, 6) is 1.60. The molecule has 0 unspecified atom stereocenters. The first-order chi connectivity index (χ1) is 18.6.